The number of carboxylic acids is 1. The second kappa shape index (κ2) is 4.40. The van der Waals surface area contributed by atoms with Crippen LogP contribution in [-0.4, -0.2) is 11.8 Å². The van der Waals surface area contributed by atoms with E-state index in [2.05, 4.69) is 0 Å². The lowest BCUT2D eigenvalue weighted by Gasteiger charge is -2.01. The van der Waals surface area contributed by atoms with Crippen molar-refractivity contribution < 1.29 is 14.7 Å². The lowest BCUT2D eigenvalue weighted by Crippen LogP contribution is -2.22. The first-order valence-electron chi connectivity index (χ1n) is 3.98. The Hall–Kier alpha value is -1.64. The molecule has 0 unspecified atom stereocenters. The van der Waals surface area contributed by atoms with Crippen LogP contribution in [-0.2, 0) is 4.79 Å². The van der Waals surface area contributed by atoms with Gasteiger partial charge in [0.05, 0.1) is 0 Å². The Bertz CT molecular complexity index is 303. The number of benzene rings is 1. The average molecular weight is 177 g/mol. The number of carbonyl (C=O) groups excluding carboxylic acids is 2. The van der Waals surface area contributed by atoms with Crippen molar-refractivity contribution in [2.24, 2.45) is 0 Å². The lowest BCUT2D eigenvalue weighted by molar-refractivity contribution is -0.305. The van der Waals surface area contributed by atoms with Gasteiger partial charge in [-0.25, -0.2) is 0 Å². The van der Waals surface area contributed by atoms with Crippen LogP contribution in [0.4, 0.5) is 0 Å². The summed E-state index contributed by atoms with van der Waals surface area (Å²) >= 11 is 0. The van der Waals surface area contributed by atoms with E-state index in [0.717, 1.165) is 0 Å². The minimum absolute atomic E-state index is 0.00630. The van der Waals surface area contributed by atoms with Gasteiger partial charge in [-0.15, -0.1) is 0 Å². The zero-order valence-electron chi connectivity index (χ0n) is 7.03. The largest absolute Gasteiger partial charge is 0.550 e. The molecule has 1 rings (SSSR count). The highest BCUT2D eigenvalue weighted by molar-refractivity contribution is 5.97. The summed E-state index contributed by atoms with van der Waals surface area (Å²) in [7, 11) is 0. The molecule has 0 aliphatic rings. The molecule has 0 heterocycles. The summed E-state index contributed by atoms with van der Waals surface area (Å²) in [5.74, 6) is -1.35. The van der Waals surface area contributed by atoms with Crippen LogP contribution in [0.25, 0.3) is 0 Å². The molecule has 0 aliphatic carbocycles. The minimum atomic E-state index is -1.19. The molecule has 3 heteroatoms. The predicted molar refractivity (Wildman–Crippen MR) is 45.0 cm³/mol. The maximum atomic E-state index is 11.3. The van der Waals surface area contributed by atoms with E-state index in [1.54, 1.807) is 30.3 Å². The summed E-state index contributed by atoms with van der Waals surface area (Å²) in [6.07, 6.45) is -0.208. The first-order chi connectivity index (χ1) is 6.20. The Morgan fingerprint density at radius 2 is 1.69 bits per heavy atom. The molecule has 0 atom stereocenters. The van der Waals surface area contributed by atoms with E-state index < -0.39 is 5.97 Å². The Balaban J connectivity index is 2.54. The van der Waals surface area contributed by atoms with Crippen LogP contribution in [0.5, 0.6) is 0 Å². The van der Waals surface area contributed by atoms with Crippen molar-refractivity contribution in [3.05, 3.63) is 35.9 Å². The number of rotatable bonds is 4. The third kappa shape index (κ3) is 3.07. The Kier molecular flexibility index (Phi) is 3.20. The molecule has 0 N–H and O–H groups in total. The van der Waals surface area contributed by atoms with E-state index in [-0.39, 0.29) is 18.6 Å². The summed E-state index contributed by atoms with van der Waals surface area (Å²) < 4.78 is 0. The first-order valence-corrected chi connectivity index (χ1v) is 3.98. The summed E-state index contributed by atoms with van der Waals surface area (Å²) in [5, 5.41) is 10.1. The number of aliphatic carboxylic acids is 1. The van der Waals surface area contributed by atoms with E-state index in [1.165, 1.54) is 0 Å². The third-order valence-electron chi connectivity index (χ3n) is 1.65. The van der Waals surface area contributed by atoms with Crippen molar-refractivity contribution in [3.8, 4) is 0 Å². The molecule has 0 amide bonds. The van der Waals surface area contributed by atoms with Crippen LogP contribution in [0, 0.1) is 0 Å². The molecule has 13 heavy (non-hydrogen) atoms. The highest BCUT2D eigenvalue weighted by atomic mass is 16.4. The molecule has 0 saturated carbocycles. The minimum Gasteiger partial charge on any atom is -0.550 e. The van der Waals surface area contributed by atoms with Gasteiger partial charge in [-0.1, -0.05) is 30.3 Å². The molecule has 68 valence electrons. The molecular weight excluding hydrogens is 168 g/mol. The fraction of sp³-hybridized carbons (Fsp3) is 0.200. The van der Waals surface area contributed by atoms with Gasteiger partial charge < -0.3 is 9.90 Å². The van der Waals surface area contributed by atoms with E-state index in [9.17, 15) is 14.7 Å². The number of carboxylic acid groups (broad SMARTS) is 1. The molecule has 0 aromatic heterocycles. The second-order valence-corrected chi connectivity index (χ2v) is 2.66. The van der Waals surface area contributed by atoms with Crippen molar-refractivity contribution in [3.63, 3.8) is 0 Å². The quantitative estimate of drug-likeness (QED) is 0.625. The topological polar surface area (TPSA) is 57.2 Å². The van der Waals surface area contributed by atoms with Gasteiger partial charge in [0.1, 0.15) is 0 Å². The molecule has 0 spiro atoms. The average Bonchev–Trinajstić information content (AvgIpc) is 2.15. The smallest absolute Gasteiger partial charge is 0.163 e. The highest BCUT2D eigenvalue weighted by Crippen LogP contribution is 2.04. The molecule has 0 fully saturated rings. The van der Waals surface area contributed by atoms with Gasteiger partial charge in [0.15, 0.2) is 5.78 Å². The summed E-state index contributed by atoms with van der Waals surface area (Å²) in [6, 6.07) is 8.61. The molecule has 0 saturated heterocycles. The van der Waals surface area contributed by atoms with Crippen LogP contribution in [0.2, 0.25) is 0 Å². The van der Waals surface area contributed by atoms with Crippen molar-refractivity contribution >= 4 is 11.8 Å². The highest BCUT2D eigenvalue weighted by Gasteiger charge is 2.03. The number of ketones is 1. The molecule has 0 aliphatic heterocycles. The van der Waals surface area contributed by atoms with Crippen molar-refractivity contribution in [1.82, 2.24) is 0 Å². The van der Waals surface area contributed by atoms with E-state index >= 15 is 0 Å². The van der Waals surface area contributed by atoms with E-state index in [4.69, 9.17) is 0 Å². The zero-order valence-corrected chi connectivity index (χ0v) is 7.03. The van der Waals surface area contributed by atoms with Gasteiger partial charge in [-0.05, 0) is 6.42 Å². The molecule has 1 aromatic rings. The lowest BCUT2D eigenvalue weighted by atomic mass is 10.1. The van der Waals surface area contributed by atoms with Crippen LogP contribution in [0.3, 0.4) is 0 Å². The maximum absolute atomic E-state index is 11.3. The molecule has 0 radical (unpaired) electrons. The van der Waals surface area contributed by atoms with Gasteiger partial charge in [-0.3, -0.25) is 4.79 Å². The van der Waals surface area contributed by atoms with E-state index in [0.29, 0.717) is 5.56 Å². The van der Waals surface area contributed by atoms with Gasteiger partial charge in [0, 0.05) is 18.0 Å². The molecule has 3 nitrogen and oxygen atoms in total. The fourth-order valence-corrected chi connectivity index (χ4v) is 0.984. The van der Waals surface area contributed by atoms with Crippen molar-refractivity contribution in [1.29, 1.82) is 0 Å². The summed E-state index contributed by atoms with van der Waals surface area (Å²) in [5.41, 5.74) is 0.545. The summed E-state index contributed by atoms with van der Waals surface area (Å²) in [6.45, 7) is 0. The van der Waals surface area contributed by atoms with Crippen molar-refractivity contribution in [2.45, 2.75) is 12.8 Å². The Labute approximate surface area is 76.0 Å². The van der Waals surface area contributed by atoms with Crippen LogP contribution >= 0.6 is 0 Å². The SMILES string of the molecule is O=C([O-])CCC(=O)c1ccccc1. The second-order valence-electron chi connectivity index (χ2n) is 2.66. The fourth-order valence-electron chi connectivity index (χ4n) is 0.984. The first kappa shape index (κ1) is 9.45. The van der Waals surface area contributed by atoms with Crippen LogP contribution in [0.15, 0.2) is 30.3 Å². The molecule has 0 bridgehead atoms. The molecule has 1 aromatic carbocycles. The number of hydrogen-bond donors (Lipinski definition) is 0. The van der Waals surface area contributed by atoms with Gasteiger partial charge in [-0.2, -0.15) is 0 Å². The molecular formula is C10H9O3-. The van der Waals surface area contributed by atoms with E-state index in [1.807, 2.05) is 0 Å². The van der Waals surface area contributed by atoms with Crippen molar-refractivity contribution in [2.75, 3.05) is 0 Å². The number of Topliss-reactive ketones (excluding diaryl/α,β-unsaturated/α-hetero) is 1. The standard InChI is InChI=1S/C10H10O3/c11-9(6-7-10(12)13)8-4-2-1-3-5-8/h1-5H,6-7H2,(H,12,13)/p-1. The number of carbonyl (C=O) groups is 2. The third-order valence-corrected chi connectivity index (χ3v) is 1.65. The normalized spacial score (nSPS) is 9.54. The Morgan fingerprint density at radius 1 is 1.08 bits per heavy atom. The monoisotopic (exact) mass is 177 g/mol. The van der Waals surface area contributed by atoms with Gasteiger partial charge >= 0.3 is 0 Å². The zero-order chi connectivity index (χ0) is 9.68. The Morgan fingerprint density at radius 3 is 2.23 bits per heavy atom. The van der Waals surface area contributed by atoms with Crippen LogP contribution < -0.4 is 5.11 Å². The maximum Gasteiger partial charge on any atom is 0.163 e. The van der Waals surface area contributed by atoms with Crippen LogP contribution in [0.1, 0.15) is 23.2 Å². The number of hydrogen-bond acceptors (Lipinski definition) is 3. The van der Waals surface area contributed by atoms with Gasteiger partial charge in [0.25, 0.3) is 0 Å². The predicted octanol–water partition coefficient (Wildman–Crippen LogP) is 0.399. The van der Waals surface area contributed by atoms with Gasteiger partial charge in [0.2, 0.25) is 0 Å². The summed E-state index contributed by atoms with van der Waals surface area (Å²) in [4.78, 5) is 21.3.